The van der Waals surface area contributed by atoms with Gasteiger partial charge in [0.15, 0.2) is 4.77 Å². The van der Waals surface area contributed by atoms with E-state index in [1.165, 1.54) is 0 Å². The van der Waals surface area contributed by atoms with E-state index in [4.69, 9.17) is 0 Å². The van der Waals surface area contributed by atoms with Gasteiger partial charge in [0.2, 0.25) is 0 Å². The number of H-pyrrole nitrogens is 2. The fourth-order valence-electron chi connectivity index (χ4n) is 1.36. The third-order valence-corrected chi connectivity index (χ3v) is 2.32. The highest BCUT2D eigenvalue weighted by Crippen LogP contribution is 1.97. The molecular weight excluding hydrogens is 226 g/mol. The molecule has 0 unspecified atom stereocenters. The van der Waals surface area contributed by atoms with Crippen LogP contribution in [0.3, 0.4) is 0 Å². The average Bonchev–Trinajstić information content (AvgIpc) is 2.25. The van der Waals surface area contributed by atoms with Gasteiger partial charge in [0.1, 0.15) is 0 Å². The molecule has 1 aromatic carbocycles. The van der Waals surface area contributed by atoms with Crippen molar-refractivity contribution in [3.8, 4) is 0 Å². The van der Waals surface area contributed by atoms with Gasteiger partial charge in [-0.05, 0) is 17.8 Å². The summed E-state index contributed by atoms with van der Waals surface area (Å²) in [6, 6.07) is 9.25. The molecule has 0 spiro atoms. The molecule has 1 heterocycles. The third kappa shape index (κ3) is 2.17. The maximum Gasteiger partial charge on any atom is 0.332 e. The predicted octanol–water partition coefficient (Wildman–Crippen LogP) is 0.642. The highest BCUT2D eigenvalue weighted by molar-refractivity contribution is 7.71. The van der Waals surface area contributed by atoms with E-state index in [9.17, 15) is 9.59 Å². The van der Waals surface area contributed by atoms with Crippen LogP contribution in [0.5, 0.6) is 0 Å². The number of rotatable bonds is 2. The van der Waals surface area contributed by atoms with Crippen LogP contribution in [0.4, 0.5) is 0 Å². The second-order valence-electron chi connectivity index (χ2n) is 3.26. The van der Waals surface area contributed by atoms with Crippen LogP contribution in [0.2, 0.25) is 0 Å². The van der Waals surface area contributed by atoms with E-state index < -0.39 is 11.4 Å². The molecule has 82 valence electrons. The Labute approximate surface area is 95.4 Å². The van der Waals surface area contributed by atoms with Gasteiger partial charge in [0.05, 0.1) is 6.54 Å². The number of nitrogens with zero attached hydrogens (tertiary/aromatic N) is 1. The van der Waals surface area contributed by atoms with Crippen LogP contribution in [-0.2, 0) is 6.54 Å². The first-order valence-electron chi connectivity index (χ1n) is 4.64. The van der Waals surface area contributed by atoms with Gasteiger partial charge in [-0.3, -0.25) is 9.97 Å². The molecule has 0 aliphatic heterocycles. The summed E-state index contributed by atoms with van der Waals surface area (Å²) in [6.45, 7) is 0.223. The fraction of sp³-hybridized carbons (Fsp3) is 0.100. The van der Waals surface area contributed by atoms with Crippen LogP contribution in [0, 0.1) is 4.77 Å². The lowest BCUT2D eigenvalue weighted by Crippen LogP contribution is -2.37. The minimum absolute atomic E-state index is 0.0410. The summed E-state index contributed by atoms with van der Waals surface area (Å²) < 4.78 is 1.10. The first-order valence-corrected chi connectivity index (χ1v) is 5.05. The third-order valence-electron chi connectivity index (χ3n) is 2.11. The summed E-state index contributed by atoms with van der Waals surface area (Å²) >= 11 is 4.69. The number of nitrogens with one attached hydrogen (secondary N) is 2. The number of hydrogen-bond acceptors (Lipinski definition) is 3. The van der Waals surface area contributed by atoms with E-state index >= 15 is 0 Å². The van der Waals surface area contributed by atoms with E-state index in [2.05, 4.69) is 22.2 Å². The number of aromatic amines is 2. The van der Waals surface area contributed by atoms with E-state index in [1.54, 1.807) is 0 Å². The van der Waals surface area contributed by atoms with Gasteiger partial charge in [-0.2, -0.15) is 0 Å². The Hall–Kier alpha value is -1.95. The zero-order valence-corrected chi connectivity index (χ0v) is 9.08. The quantitative estimate of drug-likeness (QED) is 0.750. The van der Waals surface area contributed by atoms with Crippen molar-refractivity contribution in [3.63, 3.8) is 0 Å². The summed E-state index contributed by atoms with van der Waals surface area (Å²) in [7, 11) is 0. The van der Waals surface area contributed by atoms with Crippen LogP contribution in [0.25, 0.3) is 0 Å². The van der Waals surface area contributed by atoms with Crippen molar-refractivity contribution in [1.82, 2.24) is 14.5 Å². The van der Waals surface area contributed by atoms with Crippen molar-refractivity contribution in [2.45, 2.75) is 6.54 Å². The zero-order chi connectivity index (χ0) is 11.5. The topological polar surface area (TPSA) is 70.7 Å². The van der Waals surface area contributed by atoms with Gasteiger partial charge in [-0.25, -0.2) is 14.2 Å². The molecule has 2 aromatic rings. The molecule has 0 radical (unpaired) electrons. The Morgan fingerprint density at radius 2 is 1.62 bits per heavy atom. The molecule has 0 amide bonds. The highest BCUT2D eigenvalue weighted by Gasteiger charge is 2.01. The van der Waals surface area contributed by atoms with Crippen molar-refractivity contribution in [2.24, 2.45) is 0 Å². The predicted molar refractivity (Wildman–Crippen MR) is 62.1 cm³/mol. The van der Waals surface area contributed by atoms with E-state index in [1.807, 2.05) is 30.3 Å². The number of benzene rings is 1. The maximum atomic E-state index is 11.5. The Morgan fingerprint density at radius 3 is 2.19 bits per heavy atom. The molecule has 0 saturated heterocycles. The van der Waals surface area contributed by atoms with Crippen LogP contribution in [0.15, 0.2) is 39.9 Å². The molecule has 6 heteroatoms. The van der Waals surface area contributed by atoms with Crippen LogP contribution < -0.4 is 11.4 Å². The standard InChI is InChI=1S/C10H9N3O2S/c14-9-11-8(16)12-10(15)13(9)6-7-4-2-1-3-5-7/h1-5H,6H2,(H2,11,12,14,15,16). The fourth-order valence-corrected chi connectivity index (χ4v) is 1.54. The molecule has 1 aromatic heterocycles. The van der Waals surface area contributed by atoms with Crippen molar-refractivity contribution < 1.29 is 0 Å². The SMILES string of the molecule is O=c1[nH]c(=S)[nH]c(=O)n1Cc1ccccc1. The summed E-state index contributed by atoms with van der Waals surface area (Å²) in [5.41, 5.74) is -0.129. The second-order valence-corrected chi connectivity index (χ2v) is 3.67. The van der Waals surface area contributed by atoms with Gasteiger partial charge in [-0.15, -0.1) is 0 Å². The van der Waals surface area contributed by atoms with Crippen LogP contribution in [0.1, 0.15) is 5.56 Å². The summed E-state index contributed by atoms with van der Waals surface area (Å²) in [5, 5.41) is 0. The van der Waals surface area contributed by atoms with Crippen LogP contribution >= 0.6 is 12.2 Å². The summed E-state index contributed by atoms with van der Waals surface area (Å²) in [5.74, 6) is 0. The Balaban J connectivity index is 2.48. The van der Waals surface area contributed by atoms with Crippen LogP contribution in [-0.4, -0.2) is 14.5 Å². The molecule has 0 saturated carbocycles. The zero-order valence-electron chi connectivity index (χ0n) is 8.27. The largest absolute Gasteiger partial charge is 0.332 e. The minimum Gasteiger partial charge on any atom is -0.284 e. The highest BCUT2D eigenvalue weighted by atomic mass is 32.1. The second kappa shape index (κ2) is 4.28. The van der Waals surface area contributed by atoms with Crippen molar-refractivity contribution in [1.29, 1.82) is 0 Å². The first kappa shape index (κ1) is 10.6. The molecule has 2 rings (SSSR count). The van der Waals surface area contributed by atoms with E-state index in [-0.39, 0.29) is 11.3 Å². The van der Waals surface area contributed by atoms with Crippen molar-refractivity contribution >= 4 is 12.2 Å². The Morgan fingerprint density at radius 1 is 1.06 bits per heavy atom. The van der Waals surface area contributed by atoms with Gasteiger partial charge in [0, 0.05) is 0 Å². The van der Waals surface area contributed by atoms with Gasteiger partial charge >= 0.3 is 11.4 Å². The number of hydrogen-bond donors (Lipinski definition) is 2. The Bertz CT molecular complexity index is 620. The lowest BCUT2D eigenvalue weighted by molar-refractivity contribution is 0.660. The van der Waals surface area contributed by atoms with Gasteiger partial charge in [-0.1, -0.05) is 30.3 Å². The molecular formula is C10H9N3O2S. The molecule has 0 aliphatic carbocycles. The Kier molecular flexibility index (Phi) is 2.82. The van der Waals surface area contributed by atoms with E-state index in [0.717, 1.165) is 10.1 Å². The molecule has 0 bridgehead atoms. The summed E-state index contributed by atoms with van der Waals surface area (Å²) in [6.07, 6.45) is 0. The lowest BCUT2D eigenvalue weighted by atomic mass is 10.2. The molecule has 0 aliphatic rings. The van der Waals surface area contributed by atoms with Gasteiger partial charge in [0.25, 0.3) is 0 Å². The summed E-state index contributed by atoms with van der Waals surface area (Å²) in [4.78, 5) is 27.7. The first-order chi connectivity index (χ1) is 7.66. The van der Waals surface area contributed by atoms with E-state index in [0.29, 0.717) is 0 Å². The molecule has 0 atom stereocenters. The average molecular weight is 235 g/mol. The molecule has 2 N–H and O–H groups in total. The number of aromatic nitrogens is 3. The normalized spacial score (nSPS) is 10.2. The maximum absolute atomic E-state index is 11.5. The minimum atomic E-state index is -0.502. The molecule has 5 nitrogen and oxygen atoms in total. The smallest absolute Gasteiger partial charge is 0.284 e. The van der Waals surface area contributed by atoms with Crippen molar-refractivity contribution in [2.75, 3.05) is 0 Å². The lowest BCUT2D eigenvalue weighted by Gasteiger charge is -2.02. The monoisotopic (exact) mass is 235 g/mol. The van der Waals surface area contributed by atoms with Gasteiger partial charge < -0.3 is 0 Å². The van der Waals surface area contributed by atoms with Crippen molar-refractivity contribution in [3.05, 3.63) is 61.6 Å². The molecule has 16 heavy (non-hydrogen) atoms. The molecule has 0 fully saturated rings.